The molecule has 1 N–H and O–H groups in total. The van der Waals surface area contributed by atoms with E-state index in [2.05, 4.69) is 5.32 Å². The monoisotopic (exact) mass is 394 g/mol. The molecule has 0 bridgehead atoms. The van der Waals surface area contributed by atoms with E-state index in [1.807, 2.05) is 69.3 Å². The molecular weight excluding hydrogens is 368 g/mol. The van der Waals surface area contributed by atoms with E-state index in [4.69, 9.17) is 4.74 Å². The number of carbonyl (C=O) groups excluding carboxylic acids is 3. The minimum Gasteiger partial charge on any atom is -0.455 e. The van der Waals surface area contributed by atoms with E-state index in [1.54, 1.807) is 4.90 Å². The maximum absolute atomic E-state index is 12.4. The molecule has 1 heterocycles. The summed E-state index contributed by atoms with van der Waals surface area (Å²) in [5, 5.41) is 2.81. The van der Waals surface area contributed by atoms with Crippen LogP contribution in [0, 0.1) is 19.8 Å². The predicted molar refractivity (Wildman–Crippen MR) is 110 cm³/mol. The van der Waals surface area contributed by atoms with Crippen molar-refractivity contribution < 1.29 is 19.1 Å². The molecule has 0 unspecified atom stereocenters. The predicted octanol–water partition coefficient (Wildman–Crippen LogP) is 3.08. The van der Waals surface area contributed by atoms with Crippen LogP contribution in [0.15, 0.2) is 48.5 Å². The standard InChI is InChI=1S/C23H26N2O4/c1-15-9-10-16(2)20(11-15)25-13-19(12-22(25)27)23(28)29-14-21(26)24-17(3)18-7-5-4-6-8-18/h4-11,17,19H,12-14H2,1-3H3,(H,24,26)/t17-,19-/m0/s1. The molecule has 6 nitrogen and oxygen atoms in total. The number of amides is 2. The lowest BCUT2D eigenvalue weighted by Gasteiger charge is -2.19. The molecule has 0 spiro atoms. The molecule has 152 valence electrons. The van der Waals surface area contributed by atoms with Gasteiger partial charge in [0.25, 0.3) is 5.91 Å². The lowest BCUT2D eigenvalue weighted by atomic mass is 10.1. The number of rotatable bonds is 6. The molecule has 0 aliphatic carbocycles. The number of carbonyl (C=O) groups is 3. The van der Waals surface area contributed by atoms with Crippen molar-refractivity contribution in [2.75, 3.05) is 18.1 Å². The van der Waals surface area contributed by atoms with Gasteiger partial charge in [-0.3, -0.25) is 14.4 Å². The zero-order valence-electron chi connectivity index (χ0n) is 17.0. The van der Waals surface area contributed by atoms with Crippen molar-refractivity contribution in [2.24, 2.45) is 5.92 Å². The average Bonchev–Trinajstić information content (AvgIpc) is 3.10. The van der Waals surface area contributed by atoms with Gasteiger partial charge in [0.15, 0.2) is 6.61 Å². The molecule has 0 radical (unpaired) electrons. The van der Waals surface area contributed by atoms with Gasteiger partial charge in [0.1, 0.15) is 0 Å². The molecule has 2 aromatic carbocycles. The average molecular weight is 394 g/mol. The number of benzene rings is 2. The summed E-state index contributed by atoms with van der Waals surface area (Å²) in [4.78, 5) is 38.6. The Kier molecular flexibility index (Phi) is 6.32. The maximum Gasteiger partial charge on any atom is 0.311 e. The second kappa shape index (κ2) is 8.90. The summed E-state index contributed by atoms with van der Waals surface area (Å²) < 4.78 is 5.18. The number of ether oxygens (including phenoxy) is 1. The van der Waals surface area contributed by atoms with E-state index in [0.29, 0.717) is 0 Å². The molecule has 0 saturated carbocycles. The van der Waals surface area contributed by atoms with Crippen molar-refractivity contribution >= 4 is 23.5 Å². The molecule has 3 rings (SSSR count). The van der Waals surface area contributed by atoms with E-state index >= 15 is 0 Å². The second-order valence-corrected chi connectivity index (χ2v) is 7.50. The van der Waals surface area contributed by atoms with Crippen molar-refractivity contribution in [3.8, 4) is 0 Å². The third kappa shape index (κ3) is 5.02. The number of anilines is 1. The Bertz CT molecular complexity index is 910. The molecular formula is C23H26N2O4. The van der Waals surface area contributed by atoms with Crippen LogP contribution in [0.3, 0.4) is 0 Å². The Balaban J connectivity index is 1.53. The molecule has 6 heteroatoms. The highest BCUT2D eigenvalue weighted by molar-refractivity contribution is 6.00. The summed E-state index contributed by atoms with van der Waals surface area (Å²) in [5.74, 6) is -1.57. The fraction of sp³-hybridized carbons (Fsp3) is 0.348. The Labute approximate surface area is 170 Å². The van der Waals surface area contributed by atoms with Crippen molar-refractivity contribution in [1.82, 2.24) is 5.32 Å². The summed E-state index contributed by atoms with van der Waals surface area (Å²) >= 11 is 0. The van der Waals surface area contributed by atoms with Crippen molar-refractivity contribution in [1.29, 1.82) is 0 Å². The summed E-state index contributed by atoms with van der Waals surface area (Å²) in [7, 11) is 0. The van der Waals surface area contributed by atoms with E-state index in [1.165, 1.54) is 0 Å². The van der Waals surface area contributed by atoms with E-state index in [0.717, 1.165) is 22.4 Å². The molecule has 1 aliphatic rings. The van der Waals surface area contributed by atoms with Gasteiger partial charge >= 0.3 is 5.97 Å². The van der Waals surface area contributed by atoms with Crippen LogP contribution in [0.5, 0.6) is 0 Å². The third-order valence-corrected chi connectivity index (χ3v) is 5.14. The number of hydrogen-bond acceptors (Lipinski definition) is 4. The molecule has 1 aliphatic heterocycles. The largest absolute Gasteiger partial charge is 0.455 e. The molecule has 1 fully saturated rings. The Morgan fingerprint density at radius 2 is 1.90 bits per heavy atom. The van der Waals surface area contributed by atoms with Crippen LogP contribution in [-0.4, -0.2) is 30.9 Å². The van der Waals surface area contributed by atoms with Gasteiger partial charge in [0.2, 0.25) is 5.91 Å². The zero-order chi connectivity index (χ0) is 21.0. The van der Waals surface area contributed by atoms with Gasteiger partial charge < -0.3 is 15.0 Å². The van der Waals surface area contributed by atoms with Crippen molar-refractivity contribution in [3.63, 3.8) is 0 Å². The van der Waals surface area contributed by atoms with E-state index in [9.17, 15) is 14.4 Å². The maximum atomic E-state index is 12.4. The summed E-state index contributed by atoms with van der Waals surface area (Å²) in [6, 6.07) is 15.3. The van der Waals surface area contributed by atoms with Crippen LogP contribution in [0.2, 0.25) is 0 Å². The molecule has 2 amide bonds. The highest BCUT2D eigenvalue weighted by atomic mass is 16.5. The Morgan fingerprint density at radius 1 is 1.17 bits per heavy atom. The van der Waals surface area contributed by atoms with Crippen LogP contribution >= 0.6 is 0 Å². The van der Waals surface area contributed by atoms with Crippen LogP contribution in [0.25, 0.3) is 0 Å². The lowest BCUT2D eigenvalue weighted by molar-refractivity contribution is -0.152. The molecule has 2 atom stereocenters. The normalized spacial score (nSPS) is 17.1. The van der Waals surface area contributed by atoms with Gasteiger partial charge in [-0.05, 0) is 43.5 Å². The summed E-state index contributed by atoms with van der Waals surface area (Å²) in [6.45, 7) is 5.68. The van der Waals surface area contributed by atoms with Gasteiger partial charge in [-0.1, -0.05) is 42.5 Å². The van der Waals surface area contributed by atoms with Gasteiger partial charge in [-0.2, -0.15) is 0 Å². The first kappa shape index (κ1) is 20.6. The van der Waals surface area contributed by atoms with Crippen LogP contribution < -0.4 is 10.2 Å². The minimum atomic E-state index is -0.568. The van der Waals surface area contributed by atoms with Gasteiger partial charge in [0.05, 0.1) is 12.0 Å². The first-order valence-electron chi connectivity index (χ1n) is 9.73. The first-order chi connectivity index (χ1) is 13.8. The number of aryl methyl sites for hydroxylation is 2. The Hall–Kier alpha value is -3.15. The van der Waals surface area contributed by atoms with Gasteiger partial charge in [-0.15, -0.1) is 0 Å². The van der Waals surface area contributed by atoms with E-state index in [-0.39, 0.29) is 37.4 Å². The van der Waals surface area contributed by atoms with Gasteiger partial charge in [-0.25, -0.2) is 0 Å². The fourth-order valence-electron chi connectivity index (χ4n) is 3.47. The van der Waals surface area contributed by atoms with Crippen LogP contribution in [-0.2, 0) is 19.1 Å². The highest BCUT2D eigenvalue weighted by Gasteiger charge is 2.37. The third-order valence-electron chi connectivity index (χ3n) is 5.14. The number of nitrogens with one attached hydrogen (secondary N) is 1. The highest BCUT2D eigenvalue weighted by Crippen LogP contribution is 2.29. The topological polar surface area (TPSA) is 75.7 Å². The van der Waals surface area contributed by atoms with E-state index < -0.39 is 11.9 Å². The molecule has 2 aromatic rings. The Morgan fingerprint density at radius 3 is 2.62 bits per heavy atom. The van der Waals surface area contributed by atoms with Crippen LogP contribution in [0.4, 0.5) is 5.69 Å². The molecule has 1 saturated heterocycles. The fourth-order valence-corrected chi connectivity index (χ4v) is 3.47. The molecule has 0 aromatic heterocycles. The molecule has 29 heavy (non-hydrogen) atoms. The summed E-state index contributed by atoms with van der Waals surface area (Å²) in [5.41, 5.74) is 3.82. The van der Waals surface area contributed by atoms with Gasteiger partial charge in [0, 0.05) is 18.7 Å². The lowest BCUT2D eigenvalue weighted by Crippen LogP contribution is -2.33. The first-order valence-corrected chi connectivity index (χ1v) is 9.73. The second-order valence-electron chi connectivity index (χ2n) is 7.50. The number of nitrogens with zero attached hydrogens (tertiary/aromatic N) is 1. The van der Waals surface area contributed by atoms with Crippen molar-refractivity contribution in [2.45, 2.75) is 33.2 Å². The zero-order valence-corrected chi connectivity index (χ0v) is 17.0. The smallest absolute Gasteiger partial charge is 0.311 e. The van der Waals surface area contributed by atoms with Crippen molar-refractivity contribution in [3.05, 3.63) is 65.2 Å². The SMILES string of the molecule is Cc1ccc(C)c(N2C[C@@H](C(=O)OCC(=O)N[C@@H](C)c3ccccc3)CC2=O)c1. The number of hydrogen-bond donors (Lipinski definition) is 1. The minimum absolute atomic E-state index is 0.0915. The van der Waals surface area contributed by atoms with Crippen LogP contribution in [0.1, 0.15) is 36.1 Å². The quantitative estimate of drug-likeness (QED) is 0.764. The summed E-state index contributed by atoms with van der Waals surface area (Å²) in [6.07, 6.45) is 0.0915. The number of esters is 1.